The Labute approximate surface area is 183 Å². The molecule has 0 radical (unpaired) electrons. The smallest absolute Gasteiger partial charge is 0.304 e. The molecule has 0 bridgehead atoms. The summed E-state index contributed by atoms with van der Waals surface area (Å²) >= 11 is 0. The Morgan fingerprint density at radius 3 is 2.65 bits per heavy atom. The van der Waals surface area contributed by atoms with Gasteiger partial charge in [-0.05, 0) is 31.9 Å². The third-order valence-electron chi connectivity index (χ3n) is 5.66. The molecule has 0 saturated carbocycles. The molecule has 31 heavy (non-hydrogen) atoms. The highest BCUT2D eigenvalue weighted by Gasteiger charge is 2.22. The van der Waals surface area contributed by atoms with Gasteiger partial charge in [0.15, 0.2) is 0 Å². The van der Waals surface area contributed by atoms with Crippen LogP contribution in [0.4, 0.5) is 0 Å². The Bertz CT molecular complexity index is 993. The lowest BCUT2D eigenvalue weighted by molar-refractivity contribution is -0.137. The van der Waals surface area contributed by atoms with Gasteiger partial charge >= 0.3 is 5.97 Å². The highest BCUT2D eigenvalue weighted by Crippen LogP contribution is 2.26. The first-order chi connectivity index (χ1) is 15.1. The number of benzene rings is 2. The number of hydrogen-bond donors (Lipinski definition) is 1. The van der Waals surface area contributed by atoms with E-state index in [1.54, 1.807) is 0 Å². The van der Waals surface area contributed by atoms with E-state index in [0.29, 0.717) is 13.1 Å². The molecule has 6 heteroatoms. The Hall–Kier alpha value is -2.96. The molecule has 2 heterocycles. The van der Waals surface area contributed by atoms with Crippen LogP contribution in [0.5, 0.6) is 0 Å². The van der Waals surface area contributed by atoms with E-state index < -0.39 is 5.97 Å². The fourth-order valence-corrected chi connectivity index (χ4v) is 4.00. The summed E-state index contributed by atoms with van der Waals surface area (Å²) < 4.78 is 7.73. The molecule has 1 aromatic heterocycles. The number of carboxylic acids is 1. The third kappa shape index (κ3) is 5.60. The molecule has 1 N–H and O–H groups in total. The van der Waals surface area contributed by atoms with Crippen molar-refractivity contribution in [2.75, 3.05) is 19.7 Å². The molecule has 6 nitrogen and oxygen atoms in total. The zero-order valence-corrected chi connectivity index (χ0v) is 17.9. The molecule has 3 aromatic rings. The molecule has 1 aliphatic rings. The van der Waals surface area contributed by atoms with Crippen molar-refractivity contribution < 1.29 is 14.6 Å². The van der Waals surface area contributed by atoms with Crippen molar-refractivity contribution in [1.29, 1.82) is 0 Å². The molecule has 1 saturated heterocycles. The summed E-state index contributed by atoms with van der Waals surface area (Å²) in [5.74, 6) is -0.781. The average molecular weight is 420 g/mol. The molecular formula is C25H29N3O3. The van der Waals surface area contributed by atoms with Gasteiger partial charge in [0, 0.05) is 43.6 Å². The summed E-state index contributed by atoms with van der Waals surface area (Å²) in [4.78, 5) is 13.4. The Balaban J connectivity index is 1.65. The minimum Gasteiger partial charge on any atom is -0.481 e. The maximum Gasteiger partial charge on any atom is 0.304 e. The van der Waals surface area contributed by atoms with Gasteiger partial charge in [0.25, 0.3) is 0 Å². The summed E-state index contributed by atoms with van der Waals surface area (Å²) in [5, 5.41) is 14.1. The fourth-order valence-electron chi connectivity index (χ4n) is 4.00. The van der Waals surface area contributed by atoms with Crippen molar-refractivity contribution in [1.82, 2.24) is 14.7 Å². The first-order valence-electron chi connectivity index (χ1n) is 10.9. The maximum atomic E-state index is 11.2. The van der Waals surface area contributed by atoms with Crippen LogP contribution in [-0.2, 0) is 16.1 Å². The molecule has 0 amide bonds. The van der Waals surface area contributed by atoms with Crippen LogP contribution in [0.2, 0.25) is 0 Å². The van der Waals surface area contributed by atoms with Crippen molar-refractivity contribution >= 4 is 5.97 Å². The molecule has 1 fully saturated rings. The lowest BCUT2D eigenvalue weighted by Crippen LogP contribution is -2.33. The highest BCUT2D eigenvalue weighted by atomic mass is 16.5. The number of aliphatic carboxylic acids is 1. The monoisotopic (exact) mass is 419 g/mol. The van der Waals surface area contributed by atoms with E-state index in [9.17, 15) is 9.90 Å². The maximum absolute atomic E-state index is 11.2. The molecule has 162 valence electrons. The van der Waals surface area contributed by atoms with E-state index in [1.165, 1.54) is 5.56 Å². The van der Waals surface area contributed by atoms with Crippen LogP contribution in [0.25, 0.3) is 16.9 Å². The zero-order chi connectivity index (χ0) is 21.6. The second-order valence-electron chi connectivity index (χ2n) is 8.16. The number of aryl methyl sites for hydroxylation is 1. The molecule has 1 atom stereocenters. The summed E-state index contributed by atoms with van der Waals surface area (Å²) in [6.07, 6.45) is 4.43. The van der Waals surface area contributed by atoms with Crippen molar-refractivity contribution in [3.05, 3.63) is 71.9 Å². The van der Waals surface area contributed by atoms with E-state index in [0.717, 1.165) is 48.5 Å². The Morgan fingerprint density at radius 2 is 1.97 bits per heavy atom. The van der Waals surface area contributed by atoms with E-state index in [1.807, 2.05) is 35.0 Å². The number of hydrogen-bond acceptors (Lipinski definition) is 4. The van der Waals surface area contributed by atoms with Gasteiger partial charge in [0.05, 0.1) is 23.9 Å². The SMILES string of the molecule is Cc1ccc(-c2nn(-c3ccccc3)cc2CN(CCC(=O)O)C[C@@H]2CCCO2)cc1. The standard InChI is InChI=1S/C25H29N3O3/c1-19-9-11-20(12-10-19)25-21(17-28(26-25)22-6-3-2-4-7-22)16-27(14-13-24(29)30)18-23-8-5-15-31-23/h2-4,6-7,9-12,17,23H,5,8,13-16,18H2,1H3,(H,29,30)/t23-/m0/s1. The number of rotatable bonds is 9. The Morgan fingerprint density at radius 1 is 1.19 bits per heavy atom. The van der Waals surface area contributed by atoms with Crippen molar-refractivity contribution in [3.8, 4) is 16.9 Å². The van der Waals surface area contributed by atoms with Crippen LogP contribution in [-0.4, -0.2) is 51.6 Å². The molecule has 0 aliphatic carbocycles. The van der Waals surface area contributed by atoms with Crippen LogP contribution in [0.15, 0.2) is 60.8 Å². The molecule has 0 unspecified atom stereocenters. The van der Waals surface area contributed by atoms with Gasteiger partial charge < -0.3 is 9.84 Å². The van der Waals surface area contributed by atoms with Gasteiger partial charge in [-0.3, -0.25) is 9.69 Å². The second kappa shape index (κ2) is 9.90. The van der Waals surface area contributed by atoms with Crippen LogP contribution >= 0.6 is 0 Å². The number of carboxylic acid groups (broad SMARTS) is 1. The van der Waals surface area contributed by atoms with Gasteiger partial charge in [-0.15, -0.1) is 0 Å². The topological polar surface area (TPSA) is 67.6 Å². The summed E-state index contributed by atoms with van der Waals surface area (Å²) in [7, 11) is 0. The zero-order valence-electron chi connectivity index (χ0n) is 17.9. The van der Waals surface area contributed by atoms with Crippen LogP contribution in [0.3, 0.4) is 0 Å². The second-order valence-corrected chi connectivity index (χ2v) is 8.16. The van der Waals surface area contributed by atoms with Gasteiger partial charge in [-0.2, -0.15) is 5.10 Å². The lowest BCUT2D eigenvalue weighted by atomic mass is 10.1. The average Bonchev–Trinajstić information content (AvgIpc) is 3.43. The van der Waals surface area contributed by atoms with Crippen LogP contribution < -0.4 is 0 Å². The number of ether oxygens (including phenoxy) is 1. The summed E-state index contributed by atoms with van der Waals surface area (Å²) in [6.45, 7) is 4.71. The van der Waals surface area contributed by atoms with E-state index in [-0.39, 0.29) is 12.5 Å². The number of para-hydroxylation sites is 1. The van der Waals surface area contributed by atoms with E-state index in [4.69, 9.17) is 9.84 Å². The largest absolute Gasteiger partial charge is 0.481 e. The predicted octanol–water partition coefficient (Wildman–Crippen LogP) is 4.30. The quantitative estimate of drug-likeness (QED) is 0.560. The molecule has 1 aliphatic heterocycles. The fraction of sp³-hybridized carbons (Fsp3) is 0.360. The van der Waals surface area contributed by atoms with E-state index >= 15 is 0 Å². The normalized spacial score (nSPS) is 16.1. The molecule has 4 rings (SSSR count). The Kier molecular flexibility index (Phi) is 6.79. The minimum atomic E-state index is -0.781. The number of nitrogens with zero attached hydrogens (tertiary/aromatic N) is 3. The van der Waals surface area contributed by atoms with Crippen LogP contribution in [0.1, 0.15) is 30.4 Å². The van der Waals surface area contributed by atoms with E-state index in [2.05, 4.69) is 42.3 Å². The number of aromatic nitrogens is 2. The van der Waals surface area contributed by atoms with Crippen molar-refractivity contribution in [3.63, 3.8) is 0 Å². The van der Waals surface area contributed by atoms with Crippen molar-refractivity contribution in [2.24, 2.45) is 0 Å². The lowest BCUT2D eigenvalue weighted by Gasteiger charge is -2.24. The molecule has 2 aromatic carbocycles. The molecule has 0 spiro atoms. The van der Waals surface area contributed by atoms with Crippen molar-refractivity contribution in [2.45, 2.75) is 38.8 Å². The summed E-state index contributed by atoms with van der Waals surface area (Å²) in [6, 6.07) is 18.4. The third-order valence-corrected chi connectivity index (χ3v) is 5.66. The van der Waals surface area contributed by atoms with Gasteiger partial charge in [-0.1, -0.05) is 48.0 Å². The van der Waals surface area contributed by atoms with Gasteiger partial charge in [-0.25, -0.2) is 4.68 Å². The summed E-state index contributed by atoms with van der Waals surface area (Å²) in [5.41, 5.74) is 5.27. The van der Waals surface area contributed by atoms with Gasteiger partial charge in [0.2, 0.25) is 0 Å². The highest BCUT2D eigenvalue weighted by molar-refractivity contribution is 5.67. The van der Waals surface area contributed by atoms with Gasteiger partial charge in [0.1, 0.15) is 0 Å². The first-order valence-corrected chi connectivity index (χ1v) is 10.9. The predicted molar refractivity (Wildman–Crippen MR) is 120 cm³/mol. The first kappa shape index (κ1) is 21.3. The molecular weight excluding hydrogens is 390 g/mol. The number of carbonyl (C=O) groups is 1. The van der Waals surface area contributed by atoms with Crippen LogP contribution in [0, 0.1) is 6.92 Å². The minimum absolute atomic E-state index is 0.111.